The number of aromatic nitrogens is 1. The summed E-state index contributed by atoms with van der Waals surface area (Å²) in [5.41, 5.74) is 1.40. The Bertz CT molecular complexity index is 659. The summed E-state index contributed by atoms with van der Waals surface area (Å²) in [6.07, 6.45) is 4.73. The Labute approximate surface area is 128 Å². The molecule has 1 aromatic heterocycles. The van der Waals surface area contributed by atoms with E-state index in [0.717, 1.165) is 41.3 Å². The standard InChI is InChI=1S/C16H20N2O2S/c1-11-4-5-13-12(10-11)14(18-21-13)15(20)17-16(8-9-19)6-2-3-7-16/h4-5,10,19H,2-3,6-9H2,1H3,(H,17,20). The number of carbonyl (C=O) groups excluding carboxylic acids is 1. The van der Waals surface area contributed by atoms with Crippen molar-refractivity contribution in [3.8, 4) is 0 Å². The Morgan fingerprint density at radius 1 is 1.43 bits per heavy atom. The molecule has 0 radical (unpaired) electrons. The molecule has 1 aliphatic carbocycles. The Kier molecular flexibility index (Phi) is 3.95. The number of nitrogens with zero attached hydrogens (tertiary/aromatic N) is 1. The minimum absolute atomic E-state index is 0.108. The van der Waals surface area contributed by atoms with Crippen LogP contribution in [0, 0.1) is 6.92 Å². The lowest BCUT2D eigenvalue weighted by molar-refractivity contribution is 0.0878. The van der Waals surface area contributed by atoms with Crippen LogP contribution in [-0.4, -0.2) is 27.5 Å². The predicted molar refractivity (Wildman–Crippen MR) is 84.7 cm³/mol. The molecule has 0 unspecified atom stereocenters. The maximum Gasteiger partial charge on any atom is 0.272 e. The number of nitrogens with one attached hydrogen (secondary N) is 1. The van der Waals surface area contributed by atoms with Gasteiger partial charge in [0.1, 0.15) is 5.69 Å². The second kappa shape index (κ2) is 5.73. The van der Waals surface area contributed by atoms with Crippen LogP contribution in [0.1, 0.15) is 48.2 Å². The van der Waals surface area contributed by atoms with Crippen molar-refractivity contribution in [1.29, 1.82) is 0 Å². The van der Waals surface area contributed by atoms with Crippen LogP contribution in [0.25, 0.3) is 10.1 Å². The molecule has 1 heterocycles. The van der Waals surface area contributed by atoms with E-state index in [9.17, 15) is 9.90 Å². The van der Waals surface area contributed by atoms with Gasteiger partial charge < -0.3 is 10.4 Å². The molecule has 112 valence electrons. The van der Waals surface area contributed by atoms with Crippen molar-refractivity contribution >= 4 is 27.5 Å². The average Bonchev–Trinajstić information content (AvgIpc) is 3.06. The molecule has 1 aromatic carbocycles. The van der Waals surface area contributed by atoms with Gasteiger partial charge in [0.25, 0.3) is 5.91 Å². The number of aliphatic hydroxyl groups is 1. The smallest absolute Gasteiger partial charge is 0.272 e. The van der Waals surface area contributed by atoms with Gasteiger partial charge in [0, 0.05) is 17.5 Å². The van der Waals surface area contributed by atoms with Crippen molar-refractivity contribution in [3.05, 3.63) is 29.5 Å². The normalized spacial score (nSPS) is 17.2. The third-order valence-electron chi connectivity index (χ3n) is 4.37. The Morgan fingerprint density at radius 2 is 2.19 bits per heavy atom. The highest BCUT2D eigenvalue weighted by molar-refractivity contribution is 7.13. The molecule has 0 bridgehead atoms. The second-order valence-corrected chi connectivity index (χ2v) is 6.75. The van der Waals surface area contributed by atoms with Gasteiger partial charge in [-0.1, -0.05) is 24.5 Å². The molecular weight excluding hydrogens is 284 g/mol. The molecular formula is C16H20N2O2S. The number of fused-ring (bicyclic) bond motifs is 1. The average molecular weight is 304 g/mol. The molecule has 3 rings (SSSR count). The van der Waals surface area contributed by atoms with Crippen LogP contribution in [0.3, 0.4) is 0 Å². The Hall–Kier alpha value is -1.46. The fraction of sp³-hybridized carbons (Fsp3) is 0.500. The number of rotatable bonds is 4. The minimum Gasteiger partial charge on any atom is -0.396 e. The first kappa shape index (κ1) is 14.5. The first-order valence-corrected chi connectivity index (χ1v) is 8.20. The molecule has 1 fully saturated rings. The SMILES string of the molecule is Cc1ccc2snc(C(=O)NC3(CCO)CCCC3)c2c1. The molecule has 21 heavy (non-hydrogen) atoms. The van der Waals surface area contributed by atoms with E-state index in [1.807, 2.05) is 25.1 Å². The topological polar surface area (TPSA) is 62.2 Å². The largest absolute Gasteiger partial charge is 0.396 e. The van der Waals surface area contributed by atoms with Gasteiger partial charge in [-0.05, 0) is 49.9 Å². The zero-order chi connectivity index (χ0) is 14.9. The summed E-state index contributed by atoms with van der Waals surface area (Å²) in [4.78, 5) is 12.6. The zero-order valence-corrected chi connectivity index (χ0v) is 13.0. The monoisotopic (exact) mass is 304 g/mol. The number of aliphatic hydroxyl groups excluding tert-OH is 1. The number of hydrogen-bond acceptors (Lipinski definition) is 4. The number of aryl methyl sites for hydroxylation is 1. The molecule has 0 aliphatic heterocycles. The minimum atomic E-state index is -0.244. The van der Waals surface area contributed by atoms with E-state index < -0.39 is 0 Å². The zero-order valence-electron chi connectivity index (χ0n) is 12.2. The van der Waals surface area contributed by atoms with Gasteiger partial charge in [0.05, 0.1) is 4.70 Å². The molecule has 1 aliphatic rings. The Morgan fingerprint density at radius 3 is 2.90 bits per heavy atom. The lowest BCUT2D eigenvalue weighted by Crippen LogP contribution is -2.47. The van der Waals surface area contributed by atoms with Crippen LogP contribution in [-0.2, 0) is 0 Å². The summed E-state index contributed by atoms with van der Waals surface area (Å²) < 4.78 is 5.37. The fourth-order valence-corrected chi connectivity index (χ4v) is 3.97. The van der Waals surface area contributed by atoms with Crippen LogP contribution in [0.4, 0.5) is 0 Å². The highest BCUT2D eigenvalue weighted by Crippen LogP contribution is 2.33. The van der Waals surface area contributed by atoms with E-state index in [-0.39, 0.29) is 18.1 Å². The van der Waals surface area contributed by atoms with Crippen molar-refractivity contribution in [1.82, 2.24) is 9.69 Å². The van der Waals surface area contributed by atoms with Crippen molar-refractivity contribution in [3.63, 3.8) is 0 Å². The van der Waals surface area contributed by atoms with E-state index in [0.29, 0.717) is 12.1 Å². The first-order chi connectivity index (χ1) is 10.1. The van der Waals surface area contributed by atoms with Crippen molar-refractivity contribution < 1.29 is 9.90 Å². The van der Waals surface area contributed by atoms with Gasteiger partial charge >= 0.3 is 0 Å². The van der Waals surface area contributed by atoms with Crippen LogP contribution in [0.15, 0.2) is 18.2 Å². The lowest BCUT2D eigenvalue weighted by atomic mass is 9.93. The summed E-state index contributed by atoms with van der Waals surface area (Å²) in [6, 6.07) is 6.06. The summed E-state index contributed by atoms with van der Waals surface area (Å²) in [6.45, 7) is 2.13. The van der Waals surface area contributed by atoms with Gasteiger partial charge in [0.15, 0.2) is 0 Å². The van der Waals surface area contributed by atoms with Gasteiger partial charge in [-0.15, -0.1) is 0 Å². The molecule has 1 amide bonds. The molecule has 5 heteroatoms. The third-order valence-corrected chi connectivity index (χ3v) is 5.20. The summed E-state index contributed by atoms with van der Waals surface area (Å²) >= 11 is 1.36. The molecule has 1 saturated carbocycles. The van der Waals surface area contributed by atoms with E-state index >= 15 is 0 Å². The first-order valence-electron chi connectivity index (χ1n) is 7.43. The maximum atomic E-state index is 12.6. The highest BCUT2D eigenvalue weighted by atomic mass is 32.1. The van der Waals surface area contributed by atoms with Crippen molar-refractivity contribution in [2.45, 2.75) is 44.6 Å². The Balaban J connectivity index is 1.88. The van der Waals surface area contributed by atoms with E-state index in [1.165, 1.54) is 11.5 Å². The number of hydrogen-bond donors (Lipinski definition) is 2. The number of amides is 1. The number of carbonyl (C=O) groups is 1. The van der Waals surface area contributed by atoms with E-state index in [2.05, 4.69) is 9.69 Å². The van der Waals surface area contributed by atoms with Crippen LogP contribution >= 0.6 is 11.5 Å². The van der Waals surface area contributed by atoms with Crippen LogP contribution < -0.4 is 5.32 Å². The lowest BCUT2D eigenvalue weighted by Gasteiger charge is -2.29. The summed E-state index contributed by atoms with van der Waals surface area (Å²) in [5, 5.41) is 13.4. The van der Waals surface area contributed by atoms with Crippen LogP contribution in [0.2, 0.25) is 0 Å². The molecule has 2 aromatic rings. The predicted octanol–water partition coefficient (Wildman–Crippen LogP) is 3.03. The summed E-state index contributed by atoms with van der Waals surface area (Å²) in [5.74, 6) is -0.109. The third kappa shape index (κ3) is 2.80. The van der Waals surface area contributed by atoms with Crippen molar-refractivity contribution in [2.24, 2.45) is 0 Å². The quantitative estimate of drug-likeness (QED) is 0.912. The second-order valence-electron chi connectivity index (χ2n) is 5.95. The molecule has 0 saturated heterocycles. The van der Waals surface area contributed by atoms with Gasteiger partial charge in [-0.25, -0.2) is 0 Å². The van der Waals surface area contributed by atoms with Gasteiger partial charge in [-0.2, -0.15) is 4.37 Å². The maximum absolute atomic E-state index is 12.6. The van der Waals surface area contributed by atoms with Crippen molar-refractivity contribution in [2.75, 3.05) is 6.61 Å². The molecule has 2 N–H and O–H groups in total. The van der Waals surface area contributed by atoms with E-state index in [4.69, 9.17) is 0 Å². The van der Waals surface area contributed by atoms with E-state index in [1.54, 1.807) is 0 Å². The highest BCUT2D eigenvalue weighted by Gasteiger charge is 2.35. The summed E-state index contributed by atoms with van der Waals surface area (Å²) in [7, 11) is 0. The van der Waals surface area contributed by atoms with Gasteiger partial charge in [-0.3, -0.25) is 4.79 Å². The molecule has 0 atom stereocenters. The van der Waals surface area contributed by atoms with Gasteiger partial charge in [0.2, 0.25) is 0 Å². The molecule has 0 spiro atoms. The fourth-order valence-electron chi connectivity index (χ4n) is 3.22. The number of benzene rings is 1. The molecule has 4 nitrogen and oxygen atoms in total. The van der Waals surface area contributed by atoms with Crippen LogP contribution in [0.5, 0.6) is 0 Å².